The molecule has 0 aromatic heterocycles. The number of Topliss-reactive ketones (excluding diaryl/α,β-unsaturated/α-hetero) is 1. The maximum Gasteiger partial charge on any atom is 0.231 e. The Kier molecular flexibility index (Phi) is 6.90. The number of piperazine rings is 1. The average Bonchev–Trinajstić information content (AvgIpc) is 3.18. The topological polar surface area (TPSA) is 62.2 Å². The van der Waals surface area contributed by atoms with Crippen LogP contribution in [0.1, 0.15) is 27.0 Å². The molecule has 1 fully saturated rings. The first-order chi connectivity index (χ1) is 17.0. The molecule has 180 valence electrons. The highest BCUT2D eigenvalue weighted by atomic mass is 79.9. The molecule has 0 bridgehead atoms. The molecule has 5 rings (SSSR count). The number of rotatable bonds is 6. The van der Waals surface area contributed by atoms with Crippen LogP contribution in [0, 0.1) is 0 Å². The molecule has 1 saturated heterocycles. The number of phenolic OH excluding ortho intramolecular Hbond substituents is 1. The standard InChI is InChI=1S/C28H27BrN2O4/c1-34-25-10-7-21(29)15-20(25)16-26-27(33)22-8-9-24(32)23(28(22)35-26)18-31-13-11-30(12-14-31)17-19-5-3-2-4-6-19/h2-10,15-16,32H,11-14,17-18H2,1H3/b26-16-. The number of phenols is 1. The Bertz CT molecular complexity index is 1270. The van der Waals surface area contributed by atoms with Gasteiger partial charge in [-0.2, -0.15) is 0 Å². The van der Waals surface area contributed by atoms with Crippen LogP contribution in [0.3, 0.4) is 0 Å². The maximum absolute atomic E-state index is 13.1. The van der Waals surface area contributed by atoms with Crippen LogP contribution < -0.4 is 9.47 Å². The highest BCUT2D eigenvalue weighted by Gasteiger charge is 2.32. The first-order valence-electron chi connectivity index (χ1n) is 11.6. The number of allylic oxidation sites excluding steroid dienone is 1. The van der Waals surface area contributed by atoms with Crippen molar-refractivity contribution in [1.82, 2.24) is 9.80 Å². The van der Waals surface area contributed by atoms with Crippen LogP contribution in [0.25, 0.3) is 6.08 Å². The molecule has 0 aliphatic carbocycles. The van der Waals surface area contributed by atoms with Gasteiger partial charge in [-0.1, -0.05) is 46.3 Å². The smallest absolute Gasteiger partial charge is 0.231 e. The van der Waals surface area contributed by atoms with Gasteiger partial charge in [-0.25, -0.2) is 0 Å². The van der Waals surface area contributed by atoms with Crippen LogP contribution in [0.2, 0.25) is 0 Å². The molecular weight excluding hydrogens is 508 g/mol. The fourth-order valence-electron chi connectivity index (χ4n) is 4.58. The summed E-state index contributed by atoms with van der Waals surface area (Å²) >= 11 is 3.46. The number of halogens is 1. The summed E-state index contributed by atoms with van der Waals surface area (Å²) in [4.78, 5) is 17.8. The van der Waals surface area contributed by atoms with Crippen LogP contribution >= 0.6 is 15.9 Å². The fraction of sp³-hybridized carbons (Fsp3) is 0.250. The van der Waals surface area contributed by atoms with Crippen LogP contribution in [-0.4, -0.2) is 54.0 Å². The molecule has 0 atom stereocenters. The Hall–Kier alpha value is -3.13. The lowest BCUT2D eigenvalue weighted by Crippen LogP contribution is -2.45. The van der Waals surface area contributed by atoms with Gasteiger partial charge in [-0.3, -0.25) is 14.6 Å². The lowest BCUT2D eigenvalue weighted by atomic mass is 10.0. The van der Waals surface area contributed by atoms with Crippen molar-refractivity contribution in [2.24, 2.45) is 0 Å². The van der Waals surface area contributed by atoms with Gasteiger partial charge in [0, 0.05) is 49.3 Å². The predicted molar refractivity (Wildman–Crippen MR) is 139 cm³/mol. The number of hydrogen-bond donors (Lipinski definition) is 1. The molecular formula is C28H27BrN2O4. The minimum absolute atomic E-state index is 0.143. The molecule has 35 heavy (non-hydrogen) atoms. The highest BCUT2D eigenvalue weighted by Crippen LogP contribution is 2.41. The van der Waals surface area contributed by atoms with E-state index >= 15 is 0 Å². The molecule has 2 heterocycles. The second-order valence-corrected chi connectivity index (χ2v) is 9.72. The van der Waals surface area contributed by atoms with Crippen molar-refractivity contribution in [3.63, 3.8) is 0 Å². The number of carbonyl (C=O) groups is 1. The zero-order valence-electron chi connectivity index (χ0n) is 19.5. The Morgan fingerprint density at radius 3 is 2.43 bits per heavy atom. The highest BCUT2D eigenvalue weighted by molar-refractivity contribution is 9.10. The lowest BCUT2D eigenvalue weighted by molar-refractivity contribution is 0.101. The first kappa shape index (κ1) is 23.6. The fourth-order valence-corrected chi connectivity index (χ4v) is 4.96. The van der Waals surface area contributed by atoms with Crippen molar-refractivity contribution in [2.45, 2.75) is 13.1 Å². The quantitative estimate of drug-likeness (QED) is 0.444. The minimum Gasteiger partial charge on any atom is -0.507 e. The van der Waals surface area contributed by atoms with Crippen LogP contribution in [-0.2, 0) is 13.1 Å². The molecule has 1 N–H and O–H groups in total. The third-order valence-corrected chi connectivity index (χ3v) is 6.98. The van der Waals surface area contributed by atoms with Crippen molar-refractivity contribution in [3.05, 3.63) is 93.1 Å². The second kappa shape index (κ2) is 10.2. The number of benzene rings is 3. The van der Waals surface area contributed by atoms with E-state index < -0.39 is 0 Å². The molecule has 0 spiro atoms. The molecule has 3 aromatic carbocycles. The Labute approximate surface area is 213 Å². The van der Waals surface area contributed by atoms with Gasteiger partial charge in [0.2, 0.25) is 5.78 Å². The molecule has 2 aliphatic rings. The van der Waals surface area contributed by atoms with E-state index in [-0.39, 0.29) is 17.3 Å². The Morgan fingerprint density at radius 2 is 1.71 bits per heavy atom. The van der Waals surface area contributed by atoms with E-state index in [1.807, 2.05) is 24.3 Å². The van der Waals surface area contributed by atoms with Crippen LogP contribution in [0.15, 0.2) is 70.9 Å². The lowest BCUT2D eigenvalue weighted by Gasteiger charge is -2.35. The zero-order chi connectivity index (χ0) is 24.4. The third-order valence-electron chi connectivity index (χ3n) is 6.49. The summed E-state index contributed by atoms with van der Waals surface area (Å²) in [6.45, 7) is 5.10. The summed E-state index contributed by atoms with van der Waals surface area (Å²) in [5.74, 6) is 1.25. The molecule has 6 nitrogen and oxygen atoms in total. The summed E-state index contributed by atoms with van der Waals surface area (Å²) in [6, 6.07) is 19.3. The van der Waals surface area contributed by atoms with Gasteiger partial charge in [0.1, 0.15) is 17.2 Å². The second-order valence-electron chi connectivity index (χ2n) is 8.80. The van der Waals surface area contributed by atoms with Crippen LogP contribution in [0.4, 0.5) is 0 Å². The molecule has 0 unspecified atom stereocenters. The molecule has 7 heteroatoms. The van der Waals surface area contributed by atoms with Crippen LogP contribution in [0.5, 0.6) is 17.2 Å². The van der Waals surface area contributed by atoms with Crippen molar-refractivity contribution < 1.29 is 19.4 Å². The first-order valence-corrected chi connectivity index (χ1v) is 12.4. The molecule has 3 aromatic rings. The maximum atomic E-state index is 13.1. The van der Waals surface area contributed by atoms with E-state index in [0.29, 0.717) is 29.2 Å². The zero-order valence-corrected chi connectivity index (χ0v) is 21.1. The largest absolute Gasteiger partial charge is 0.507 e. The van der Waals surface area contributed by atoms with Crippen molar-refractivity contribution in [3.8, 4) is 17.2 Å². The number of ketones is 1. The summed E-state index contributed by atoms with van der Waals surface area (Å²) in [7, 11) is 1.59. The number of hydrogen-bond acceptors (Lipinski definition) is 6. The van der Waals surface area contributed by atoms with Gasteiger partial charge in [-0.15, -0.1) is 0 Å². The van der Waals surface area contributed by atoms with Gasteiger partial charge in [0.05, 0.1) is 18.2 Å². The number of carbonyl (C=O) groups excluding carboxylic acids is 1. The van der Waals surface area contributed by atoms with E-state index in [0.717, 1.165) is 42.8 Å². The third kappa shape index (κ3) is 5.12. The van der Waals surface area contributed by atoms with Gasteiger partial charge in [0.25, 0.3) is 0 Å². The monoisotopic (exact) mass is 534 g/mol. The van der Waals surface area contributed by atoms with Gasteiger partial charge in [0.15, 0.2) is 5.76 Å². The SMILES string of the molecule is COc1ccc(Br)cc1/C=C1\Oc2c(ccc(O)c2CN2CCN(Cc3ccccc3)CC2)C1=O. The average molecular weight is 535 g/mol. The summed E-state index contributed by atoms with van der Waals surface area (Å²) in [6.07, 6.45) is 1.69. The van der Waals surface area contributed by atoms with E-state index in [1.165, 1.54) is 5.56 Å². The minimum atomic E-state index is -0.198. The summed E-state index contributed by atoms with van der Waals surface area (Å²) < 4.78 is 12.4. The summed E-state index contributed by atoms with van der Waals surface area (Å²) in [5.41, 5.74) is 3.17. The number of aromatic hydroxyl groups is 1. The van der Waals surface area contributed by atoms with E-state index in [9.17, 15) is 9.90 Å². The van der Waals surface area contributed by atoms with Gasteiger partial charge < -0.3 is 14.6 Å². The summed E-state index contributed by atoms with van der Waals surface area (Å²) in [5, 5.41) is 10.7. The predicted octanol–water partition coefficient (Wildman–Crippen LogP) is 5.10. The number of fused-ring (bicyclic) bond motifs is 1. The van der Waals surface area contributed by atoms with E-state index in [4.69, 9.17) is 9.47 Å². The van der Waals surface area contributed by atoms with Crippen molar-refractivity contribution in [1.29, 1.82) is 0 Å². The Morgan fingerprint density at radius 1 is 1.00 bits per heavy atom. The van der Waals surface area contributed by atoms with Gasteiger partial charge >= 0.3 is 0 Å². The van der Waals surface area contributed by atoms with E-state index in [1.54, 1.807) is 25.3 Å². The molecule has 2 aliphatic heterocycles. The Balaban J connectivity index is 1.31. The molecule has 0 amide bonds. The van der Waals surface area contributed by atoms with E-state index in [2.05, 4.69) is 50.0 Å². The molecule has 0 radical (unpaired) electrons. The van der Waals surface area contributed by atoms with Crippen molar-refractivity contribution in [2.75, 3.05) is 33.3 Å². The number of methoxy groups -OCH3 is 1. The van der Waals surface area contributed by atoms with Gasteiger partial charge in [-0.05, 0) is 42.0 Å². The normalized spacial score (nSPS) is 17.4. The number of ether oxygens (including phenoxy) is 2. The van der Waals surface area contributed by atoms with Crippen molar-refractivity contribution >= 4 is 27.8 Å². The molecule has 0 saturated carbocycles. The number of nitrogens with zero attached hydrogens (tertiary/aromatic N) is 2.